The van der Waals surface area contributed by atoms with Crippen molar-refractivity contribution in [2.45, 2.75) is 25.9 Å². The van der Waals surface area contributed by atoms with Crippen molar-refractivity contribution in [2.75, 3.05) is 24.6 Å². The Bertz CT molecular complexity index is 543. The zero-order chi connectivity index (χ0) is 17.5. The van der Waals surface area contributed by atoms with Crippen LogP contribution in [0.5, 0.6) is 0 Å². The van der Waals surface area contributed by atoms with Crippen molar-refractivity contribution in [3.63, 3.8) is 0 Å². The van der Waals surface area contributed by atoms with Gasteiger partial charge in [0.05, 0.1) is 11.5 Å². The topological polar surface area (TPSA) is 72.7 Å². The fraction of sp³-hybridized carbons (Fsp3) is 0.500. The molecule has 23 heavy (non-hydrogen) atoms. The first kappa shape index (κ1) is 18.7. The molecule has 0 radical (unpaired) electrons. The van der Waals surface area contributed by atoms with Gasteiger partial charge in [-0.2, -0.15) is 13.2 Å². The number of anilines is 1. The molecule has 0 unspecified atom stereocenters. The van der Waals surface area contributed by atoms with Gasteiger partial charge in [-0.3, -0.25) is 14.9 Å². The summed E-state index contributed by atoms with van der Waals surface area (Å²) in [6.07, 6.45) is -2.85. The molecule has 2 rings (SSSR count). The number of hydrogen-bond acceptors (Lipinski definition) is 5. The van der Waals surface area contributed by atoms with E-state index in [0.717, 1.165) is 25.0 Å². The molecule has 6 nitrogen and oxygen atoms in total. The minimum atomic E-state index is -4.71. The van der Waals surface area contributed by atoms with Crippen LogP contribution in [0.15, 0.2) is 18.2 Å². The number of carbonyl (C=O) groups is 1. The predicted octanol–water partition coefficient (Wildman–Crippen LogP) is 3.39. The summed E-state index contributed by atoms with van der Waals surface area (Å²) in [5.74, 6) is 0. The molecule has 1 saturated heterocycles. The minimum Gasteiger partial charge on any atom is -0.468 e. The summed E-state index contributed by atoms with van der Waals surface area (Å²) in [6.45, 7) is 4.04. The van der Waals surface area contributed by atoms with Crippen LogP contribution in [-0.2, 0) is 15.7 Å². The van der Waals surface area contributed by atoms with Gasteiger partial charge in [0, 0.05) is 24.8 Å². The third kappa shape index (κ3) is 5.42. The molecular formula is C14H17F3N2O4. The molecule has 0 aromatic heterocycles. The first-order valence-electron chi connectivity index (χ1n) is 6.97. The van der Waals surface area contributed by atoms with E-state index < -0.39 is 22.4 Å². The van der Waals surface area contributed by atoms with Crippen LogP contribution in [0, 0.1) is 10.1 Å². The Morgan fingerprint density at radius 2 is 1.96 bits per heavy atom. The molecule has 0 spiro atoms. The van der Waals surface area contributed by atoms with Gasteiger partial charge in [0.1, 0.15) is 5.56 Å². The van der Waals surface area contributed by atoms with Crippen LogP contribution in [0.4, 0.5) is 24.5 Å². The minimum absolute atomic E-state index is 0.394. The average Bonchev–Trinajstić information content (AvgIpc) is 3.01. The van der Waals surface area contributed by atoms with Crippen LogP contribution < -0.4 is 4.90 Å². The average molecular weight is 334 g/mol. The van der Waals surface area contributed by atoms with Crippen molar-refractivity contribution < 1.29 is 27.6 Å². The molecule has 0 saturated carbocycles. The maximum absolute atomic E-state index is 12.8. The van der Waals surface area contributed by atoms with E-state index in [2.05, 4.69) is 4.74 Å². The quantitative estimate of drug-likeness (QED) is 0.479. The highest BCUT2D eigenvalue weighted by molar-refractivity contribution is 5.57. The maximum Gasteiger partial charge on any atom is 0.423 e. The van der Waals surface area contributed by atoms with Gasteiger partial charge in [0.2, 0.25) is 0 Å². The molecule has 9 heteroatoms. The lowest BCUT2D eigenvalue weighted by Crippen LogP contribution is -2.19. The van der Waals surface area contributed by atoms with E-state index in [1.54, 1.807) is 11.8 Å². The summed E-state index contributed by atoms with van der Waals surface area (Å²) in [6, 6.07) is 3.17. The van der Waals surface area contributed by atoms with Crippen molar-refractivity contribution in [3.05, 3.63) is 33.9 Å². The lowest BCUT2D eigenvalue weighted by molar-refractivity contribution is -0.388. The largest absolute Gasteiger partial charge is 0.468 e. The Morgan fingerprint density at radius 1 is 1.35 bits per heavy atom. The fourth-order valence-electron chi connectivity index (χ4n) is 2.15. The summed E-state index contributed by atoms with van der Waals surface area (Å²) in [4.78, 5) is 20.6. The van der Waals surface area contributed by atoms with Gasteiger partial charge in [0.15, 0.2) is 0 Å². The third-order valence-electron chi connectivity index (χ3n) is 3.19. The number of alkyl halides is 3. The van der Waals surface area contributed by atoms with Crippen molar-refractivity contribution in [1.29, 1.82) is 0 Å². The Hall–Kier alpha value is -2.32. The van der Waals surface area contributed by atoms with Crippen LogP contribution >= 0.6 is 0 Å². The molecule has 0 aliphatic carbocycles. The van der Waals surface area contributed by atoms with E-state index in [1.807, 2.05) is 0 Å². The summed E-state index contributed by atoms with van der Waals surface area (Å²) in [5.41, 5.74) is -1.69. The van der Waals surface area contributed by atoms with E-state index in [1.165, 1.54) is 6.07 Å². The Labute approximate surface area is 131 Å². The van der Waals surface area contributed by atoms with Gasteiger partial charge in [-0.25, -0.2) is 0 Å². The molecule has 0 amide bonds. The van der Waals surface area contributed by atoms with E-state index in [0.29, 0.717) is 31.9 Å². The number of benzene rings is 1. The number of carbonyl (C=O) groups excluding carboxylic acids is 1. The van der Waals surface area contributed by atoms with Crippen LogP contribution in [0.25, 0.3) is 0 Å². The highest BCUT2D eigenvalue weighted by Gasteiger charge is 2.38. The van der Waals surface area contributed by atoms with Gasteiger partial charge in [0.25, 0.3) is 12.2 Å². The lowest BCUT2D eigenvalue weighted by Gasteiger charge is -2.19. The lowest BCUT2D eigenvalue weighted by atomic mass is 10.1. The molecule has 1 aromatic carbocycles. The molecule has 0 bridgehead atoms. The molecule has 0 N–H and O–H groups in total. The van der Waals surface area contributed by atoms with E-state index >= 15 is 0 Å². The van der Waals surface area contributed by atoms with Crippen LogP contribution in [0.1, 0.15) is 25.3 Å². The van der Waals surface area contributed by atoms with E-state index in [-0.39, 0.29) is 0 Å². The monoisotopic (exact) mass is 334 g/mol. The molecule has 1 aliphatic rings. The normalized spacial score (nSPS) is 14.0. The summed E-state index contributed by atoms with van der Waals surface area (Å²) in [5, 5.41) is 10.6. The third-order valence-corrected chi connectivity index (χ3v) is 3.19. The molecule has 128 valence electrons. The zero-order valence-electron chi connectivity index (χ0n) is 12.5. The highest BCUT2D eigenvalue weighted by Crippen LogP contribution is 2.38. The van der Waals surface area contributed by atoms with Crippen LogP contribution in [0.2, 0.25) is 0 Å². The first-order chi connectivity index (χ1) is 10.8. The SMILES string of the molecule is CCOC=O.O=[N+]([O-])c1ccc(N2CCCC2)cc1C(F)(F)F. The van der Waals surface area contributed by atoms with Crippen LogP contribution in [0.3, 0.4) is 0 Å². The number of nitro benzene ring substituents is 1. The predicted molar refractivity (Wildman–Crippen MR) is 77.2 cm³/mol. The summed E-state index contributed by atoms with van der Waals surface area (Å²) in [7, 11) is 0. The second-order valence-electron chi connectivity index (χ2n) is 4.70. The molecule has 1 aliphatic heterocycles. The molecular weight excluding hydrogens is 317 g/mol. The van der Waals surface area contributed by atoms with Gasteiger partial charge in [-0.1, -0.05) is 0 Å². The smallest absolute Gasteiger partial charge is 0.423 e. The van der Waals surface area contributed by atoms with Gasteiger partial charge in [-0.15, -0.1) is 0 Å². The number of nitrogens with zero attached hydrogens (tertiary/aromatic N) is 2. The van der Waals surface area contributed by atoms with E-state index in [4.69, 9.17) is 0 Å². The summed E-state index contributed by atoms with van der Waals surface area (Å²) >= 11 is 0. The molecule has 0 atom stereocenters. The Balaban J connectivity index is 0.000000463. The Kier molecular flexibility index (Phi) is 6.80. The van der Waals surface area contributed by atoms with Gasteiger partial charge in [-0.05, 0) is 31.9 Å². The molecule has 1 heterocycles. The van der Waals surface area contributed by atoms with Gasteiger partial charge >= 0.3 is 6.18 Å². The number of nitro groups is 1. The first-order valence-corrected chi connectivity index (χ1v) is 6.97. The van der Waals surface area contributed by atoms with Crippen LogP contribution in [-0.4, -0.2) is 31.1 Å². The van der Waals surface area contributed by atoms with Crippen molar-refractivity contribution >= 4 is 17.8 Å². The number of halogens is 3. The fourth-order valence-corrected chi connectivity index (χ4v) is 2.15. The zero-order valence-corrected chi connectivity index (χ0v) is 12.5. The molecule has 1 fully saturated rings. The maximum atomic E-state index is 12.8. The second-order valence-corrected chi connectivity index (χ2v) is 4.70. The van der Waals surface area contributed by atoms with Crippen molar-refractivity contribution in [2.24, 2.45) is 0 Å². The standard InChI is InChI=1S/C11H11F3N2O2.C3H6O2/c12-11(13,14)9-7-8(15-5-1-2-6-15)3-4-10(9)16(17)18;1-2-5-3-4/h3-4,7H,1-2,5-6H2;3H,2H2,1H3. The number of hydrogen-bond donors (Lipinski definition) is 0. The number of rotatable bonds is 4. The second kappa shape index (κ2) is 8.35. The highest BCUT2D eigenvalue weighted by atomic mass is 19.4. The summed E-state index contributed by atoms with van der Waals surface area (Å²) < 4.78 is 42.4. The van der Waals surface area contributed by atoms with Crippen molar-refractivity contribution in [1.82, 2.24) is 0 Å². The van der Waals surface area contributed by atoms with Crippen molar-refractivity contribution in [3.8, 4) is 0 Å². The number of ether oxygens (including phenoxy) is 1. The molecule has 1 aromatic rings. The van der Waals surface area contributed by atoms with Gasteiger partial charge < -0.3 is 9.64 Å². The van der Waals surface area contributed by atoms with E-state index in [9.17, 15) is 28.1 Å². The Morgan fingerprint density at radius 3 is 2.35 bits per heavy atom.